The summed E-state index contributed by atoms with van der Waals surface area (Å²) in [7, 11) is 0. The average Bonchev–Trinajstić information content (AvgIpc) is 2.35. The van der Waals surface area contributed by atoms with Gasteiger partial charge in [0.25, 0.3) is 0 Å². The molecule has 22 heavy (non-hydrogen) atoms. The van der Waals surface area contributed by atoms with Gasteiger partial charge in [0.1, 0.15) is 0 Å². The normalized spacial score (nSPS) is 21.7. The highest BCUT2D eigenvalue weighted by Gasteiger charge is 2.31. The molecule has 2 atom stereocenters. The molecule has 0 fully saturated rings. The maximum absolute atomic E-state index is 12.6. The van der Waals surface area contributed by atoms with Crippen molar-refractivity contribution in [1.29, 1.82) is 0 Å². The average molecular weight is 300 g/mol. The predicted octanol–water partition coefficient (Wildman–Crippen LogP) is 4.98. The van der Waals surface area contributed by atoms with Gasteiger partial charge in [-0.1, -0.05) is 28.4 Å². The first-order chi connectivity index (χ1) is 10.2. The van der Waals surface area contributed by atoms with E-state index in [-0.39, 0.29) is 23.4 Å². The molecule has 1 aliphatic rings. The van der Waals surface area contributed by atoms with Gasteiger partial charge in [0, 0.05) is 5.92 Å². The van der Waals surface area contributed by atoms with Crippen LogP contribution in [-0.4, -0.2) is 11.6 Å². The molecule has 0 saturated heterocycles. The smallest absolute Gasteiger partial charge is 0.178 e. The van der Waals surface area contributed by atoms with Crippen molar-refractivity contribution in [2.75, 3.05) is 0 Å². The van der Waals surface area contributed by atoms with Crippen molar-refractivity contribution in [3.63, 3.8) is 0 Å². The summed E-state index contributed by atoms with van der Waals surface area (Å²) in [5, 5.41) is 0. The summed E-state index contributed by atoms with van der Waals surface area (Å²) in [4.78, 5) is 24.5. The number of rotatable bonds is 5. The molecule has 1 rings (SSSR count). The van der Waals surface area contributed by atoms with Crippen LogP contribution < -0.4 is 0 Å². The minimum absolute atomic E-state index is 0.0121. The van der Waals surface area contributed by atoms with Crippen LogP contribution in [0.5, 0.6) is 0 Å². The van der Waals surface area contributed by atoms with Crippen molar-refractivity contribution in [1.82, 2.24) is 0 Å². The summed E-state index contributed by atoms with van der Waals surface area (Å²) in [5.41, 5.74) is 4.15. The first-order valence-corrected chi connectivity index (χ1v) is 7.94. The molecule has 0 aromatic heterocycles. The highest BCUT2D eigenvalue weighted by Crippen LogP contribution is 2.36. The molecule has 0 unspecified atom stereocenters. The van der Waals surface area contributed by atoms with Crippen molar-refractivity contribution in [2.45, 2.75) is 54.4 Å². The third-order valence-electron chi connectivity index (χ3n) is 3.96. The summed E-state index contributed by atoms with van der Waals surface area (Å²) in [5.74, 6) is 0.168. The fraction of sp³-hybridized carbons (Fsp3) is 0.500. The molecule has 0 saturated carbocycles. The Balaban J connectivity index is 3.09. The molecular weight excluding hydrogens is 272 g/mol. The standard InChI is InChI=1S/C20H28O2/c1-13(2)10-17(21)12-16(6)18-9-7-8-15(5)20(18)19(22)11-14(3)4/h8,10-12,18,20H,7,9H2,1-6H3/t18-,20+/m1/s1. The van der Waals surface area contributed by atoms with Crippen LogP contribution in [0.25, 0.3) is 0 Å². The monoisotopic (exact) mass is 300 g/mol. The Kier molecular flexibility index (Phi) is 6.73. The number of allylic oxidation sites excluding steroid dienone is 8. The van der Waals surface area contributed by atoms with Crippen LogP contribution in [0, 0.1) is 11.8 Å². The van der Waals surface area contributed by atoms with Crippen LogP contribution in [-0.2, 0) is 9.59 Å². The van der Waals surface area contributed by atoms with Crippen molar-refractivity contribution in [3.05, 3.63) is 46.6 Å². The summed E-state index contributed by atoms with van der Waals surface area (Å²) in [6.45, 7) is 11.7. The second-order valence-electron chi connectivity index (χ2n) is 6.75. The molecule has 0 aromatic carbocycles. The molecule has 120 valence electrons. The Morgan fingerprint density at radius 2 is 1.59 bits per heavy atom. The van der Waals surface area contributed by atoms with E-state index in [1.807, 2.05) is 41.5 Å². The highest BCUT2D eigenvalue weighted by molar-refractivity contribution is 6.00. The third kappa shape index (κ3) is 5.25. The van der Waals surface area contributed by atoms with E-state index >= 15 is 0 Å². The lowest BCUT2D eigenvalue weighted by atomic mass is 9.73. The minimum atomic E-state index is -0.126. The first-order valence-electron chi connectivity index (χ1n) is 7.94. The van der Waals surface area contributed by atoms with Gasteiger partial charge in [-0.25, -0.2) is 0 Å². The zero-order valence-corrected chi connectivity index (χ0v) is 14.7. The fourth-order valence-corrected chi connectivity index (χ4v) is 3.05. The second kappa shape index (κ2) is 8.07. The van der Waals surface area contributed by atoms with E-state index in [2.05, 4.69) is 6.08 Å². The molecule has 0 aromatic rings. The maximum Gasteiger partial charge on any atom is 0.178 e. The molecule has 0 amide bonds. The molecule has 0 spiro atoms. The Hall–Kier alpha value is -1.70. The number of ketones is 2. The summed E-state index contributed by atoms with van der Waals surface area (Å²) in [6, 6.07) is 0. The van der Waals surface area contributed by atoms with Crippen molar-refractivity contribution in [2.24, 2.45) is 11.8 Å². The largest absolute Gasteiger partial charge is 0.294 e. The van der Waals surface area contributed by atoms with E-state index in [4.69, 9.17) is 0 Å². The van der Waals surface area contributed by atoms with Crippen molar-refractivity contribution in [3.8, 4) is 0 Å². The molecule has 2 nitrogen and oxygen atoms in total. The van der Waals surface area contributed by atoms with Crippen molar-refractivity contribution < 1.29 is 9.59 Å². The predicted molar refractivity (Wildman–Crippen MR) is 92.6 cm³/mol. The van der Waals surface area contributed by atoms with Crippen LogP contribution in [0.1, 0.15) is 54.4 Å². The molecule has 0 heterocycles. The van der Waals surface area contributed by atoms with E-state index in [9.17, 15) is 9.59 Å². The molecular formula is C20H28O2. The Labute approximate surface area is 134 Å². The third-order valence-corrected chi connectivity index (χ3v) is 3.96. The van der Waals surface area contributed by atoms with Gasteiger partial charge in [-0.2, -0.15) is 0 Å². The van der Waals surface area contributed by atoms with Crippen LogP contribution in [0.3, 0.4) is 0 Å². The molecule has 0 radical (unpaired) electrons. The molecule has 1 aliphatic carbocycles. The van der Waals surface area contributed by atoms with Gasteiger partial charge in [0.15, 0.2) is 11.6 Å². The van der Waals surface area contributed by atoms with Gasteiger partial charge in [-0.3, -0.25) is 9.59 Å². The number of hydrogen-bond acceptors (Lipinski definition) is 2. The van der Waals surface area contributed by atoms with Gasteiger partial charge >= 0.3 is 0 Å². The van der Waals surface area contributed by atoms with Crippen LogP contribution >= 0.6 is 0 Å². The molecule has 2 heteroatoms. The summed E-state index contributed by atoms with van der Waals surface area (Å²) >= 11 is 0. The van der Waals surface area contributed by atoms with Gasteiger partial charge in [-0.05, 0) is 78.5 Å². The number of carbonyl (C=O) groups excluding carboxylic acids is 2. The van der Waals surface area contributed by atoms with Crippen LogP contribution in [0.4, 0.5) is 0 Å². The summed E-state index contributed by atoms with van der Waals surface area (Å²) < 4.78 is 0. The van der Waals surface area contributed by atoms with Crippen LogP contribution in [0.2, 0.25) is 0 Å². The van der Waals surface area contributed by atoms with Gasteiger partial charge in [-0.15, -0.1) is 0 Å². The topological polar surface area (TPSA) is 34.1 Å². The van der Waals surface area contributed by atoms with Crippen LogP contribution in [0.15, 0.2) is 46.6 Å². The van der Waals surface area contributed by atoms with Crippen molar-refractivity contribution >= 4 is 11.6 Å². The van der Waals surface area contributed by atoms with E-state index in [0.29, 0.717) is 0 Å². The van der Waals surface area contributed by atoms with E-state index in [1.54, 1.807) is 18.2 Å². The fourth-order valence-electron chi connectivity index (χ4n) is 3.05. The van der Waals surface area contributed by atoms with Gasteiger partial charge in [0.05, 0.1) is 0 Å². The first kappa shape index (κ1) is 18.3. The quantitative estimate of drug-likeness (QED) is 0.530. The Morgan fingerprint density at radius 1 is 1.00 bits per heavy atom. The van der Waals surface area contributed by atoms with E-state index in [0.717, 1.165) is 35.1 Å². The highest BCUT2D eigenvalue weighted by atomic mass is 16.1. The zero-order chi connectivity index (χ0) is 16.9. The zero-order valence-electron chi connectivity index (χ0n) is 14.7. The Bertz CT molecular complexity index is 563. The summed E-state index contributed by atoms with van der Waals surface area (Å²) in [6.07, 6.45) is 9.11. The Morgan fingerprint density at radius 3 is 2.14 bits per heavy atom. The maximum atomic E-state index is 12.6. The van der Waals surface area contributed by atoms with Gasteiger partial charge < -0.3 is 0 Å². The molecule has 0 bridgehead atoms. The van der Waals surface area contributed by atoms with E-state index < -0.39 is 0 Å². The lowest BCUT2D eigenvalue weighted by Gasteiger charge is -2.30. The molecule has 0 aliphatic heterocycles. The van der Waals surface area contributed by atoms with E-state index in [1.165, 1.54) is 0 Å². The lowest BCUT2D eigenvalue weighted by Crippen LogP contribution is -2.27. The number of hydrogen-bond donors (Lipinski definition) is 0. The molecule has 0 N–H and O–H groups in total. The van der Waals surface area contributed by atoms with Gasteiger partial charge in [0.2, 0.25) is 0 Å². The SMILES string of the molecule is CC(C)=CC(=O)C=C(C)[C@H]1CCC=C(C)[C@@H]1C(=O)C=C(C)C. The lowest BCUT2D eigenvalue weighted by molar-refractivity contribution is -0.118. The second-order valence-corrected chi connectivity index (χ2v) is 6.75. The number of carbonyl (C=O) groups is 2. The minimum Gasteiger partial charge on any atom is -0.294 e.